The van der Waals surface area contributed by atoms with Crippen LogP contribution in [0.5, 0.6) is 0 Å². The van der Waals surface area contributed by atoms with E-state index in [1.165, 1.54) is 39.6 Å². The summed E-state index contributed by atoms with van der Waals surface area (Å²) in [4.78, 5) is 18.3. The Balaban J connectivity index is 1.23. The fourth-order valence-electron chi connectivity index (χ4n) is 3.63. The van der Waals surface area contributed by atoms with Crippen molar-refractivity contribution in [1.82, 2.24) is 9.71 Å². The molecule has 33 heavy (non-hydrogen) atoms. The molecule has 0 saturated heterocycles. The Kier molecular flexibility index (Phi) is 7.69. The van der Waals surface area contributed by atoms with Crippen LogP contribution < -0.4 is 15.1 Å². The number of rotatable bonds is 10. The molecule has 3 aromatic rings. The number of carbonyl (C=O) groups is 1. The Hall–Kier alpha value is -2.40. The minimum Gasteiger partial charge on any atom is -0.545 e. The summed E-state index contributed by atoms with van der Waals surface area (Å²) < 4.78 is 27.3. The molecule has 0 fully saturated rings. The van der Waals surface area contributed by atoms with Crippen LogP contribution in [0.25, 0.3) is 11.3 Å². The van der Waals surface area contributed by atoms with Crippen molar-refractivity contribution in [3.05, 3.63) is 59.0 Å². The van der Waals surface area contributed by atoms with Gasteiger partial charge in [0.25, 0.3) is 0 Å². The number of thioether (sulfide) groups is 1. The molecule has 174 valence electrons. The first-order valence-electron chi connectivity index (χ1n) is 10.7. The molecule has 10 heteroatoms. The minimum absolute atomic E-state index is 0.240. The van der Waals surface area contributed by atoms with Gasteiger partial charge in [-0.05, 0) is 31.4 Å². The number of aryl methyl sites for hydroxylation is 1. The SMILES string of the molecule is O=C([O-])c1ccccc1S(=O)(=O)NCCCCCNc1nc2c(s1)CCSc1ccccc1-2. The highest BCUT2D eigenvalue weighted by Gasteiger charge is 2.20. The highest BCUT2D eigenvalue weighted by atomic mass is 32.2. The van der Waals surface area contributed by atoms with Gasteiger partial charge in [-0.15, -0.1) is 23.1 Å². The predicted molar refractivity (Wildman–Crippen MR) is 130 cm³/mol. The molecular weight excluding hydrogens is 478 g/mol. The molecular formula is C23H24N3O4S3-. The van der Waals surface area contributed by atoms with Crippen LogP contribution in [0.1, 0.15) is 34.5 Å². The zero-order chi connectivity index (χ0) is 23.3. The van der Waals surface area contributed by atoms with Crippen molar-refractivity contribution in [2.75, 3.05) is 24.2 Å². The first-order valence-corrected chi connectivity index (χ1v) is 14.0. The van der Waals surface area contributed by atoms with E-state index in [-0.39, 0.29) is 17.0 Å². The number of benzene rings is 2. The average molecular weight is 503 g/mol. The monoisotopic (exact) mass is 502 g/mol. The van der Waals surface area contributed by atoms with Crippen LogP contribution in [0, 0.1) is 0 Å². The number of anilines is 1. The molecule has 0 unspecified atom stereocenters. The van der Waals surface area contributed by atoms with E-state index in [1.54, 1.807) is 11.3 Å². The molecule has 0 radical (unpaired) electrons. The third-order valence-electron chi connectivity index (χ3n) is 5.24. The van der Waals surface area contributed by atoms with Crippen LogP contribution in [0.15, 0.2) is 58.3 Å². The van der Waals surface area contributed by atoms with E-state index >= 15 is 0 Å². The van der Waals surface area contributed by atoms with Crippen molar-refractivity contribution in [3.63, 3.8) is 0 Å². The van der Waals surface area contributed by atoms with Crippen molar-refractivity contribution in [2.24, 2.45) is 0 Å². The quantitative estimate of drug-likeness (QED) is 0.409. The smallest absolute Gasteiger partial charge is 0.241 e. The zero-order valence-electron chi connectivity index (χ0n) is 17.9. The molecule has 0 amide bonds. The lowest BCUT2D eigenvalue weighted by molar-refractivity contribution is -0.255. The molecule has 1 aliphatic rings. The topological polar surface area (TPSA) is 111 Å². The van der Waals surface area contributed by atoms with Gasteiger partial charge in [0.1, 0.15) is 0 Å². The van der Waals surface area contributed by atoms with Crippen molar-refractivity contribution in [3.8, 4) is 11.3 Å². The van der Waals surface area contributed by atoms with E-state index in [2.05, 4.69) is 28.2 Å². The molecule has 0 bridgehead atoms. The van der Waals surface area contributed by atoms with Gasteiger partial charge in [-0.2, -0.15) is 0 Å². The van der Waals surface area contributed by atoms with Gasteiger partial charge in [0, 0.05) is 39.7 Å². The summed E-state index contributed by atoms with van der Waals surface area (Å²) in [7, 11) is -3.90. The largest absolute Gasteiger partial charge is 0.545 e. The number of carboxylic acids is 1. The van der Waals surface area contributed by atoms with Crippen molar-refractivity contribution in [2.45, 2.75) is 35.5 Å². The average Bonchev–Trinajstić information content (AvgIpc) is 3.13. The van der Waals surface area contributed by atoms with Gasteiger partial charge >= 0.3 is 0 Å². The molecule has 0 saturated carbocycles. The molecule has 0 spiro atoms. The van der Waals surface area contributed by atoms with E-state index in [9.17, 15) is 18.3 Å². The standard InChI is InChI=1S/C23H25N3O4S3/c27-22(28)17-9-3-5-11-20(17)33(29,30)25-14-7-1-6-13-24-23-26-21-16-8-2-4-10-18(16)31-15-12-19(21)32-23/h2-5,8-11,25H,1,6-7,12-15H2,(H,24,26)(H,27,28)/p-1. The van der Waals surface area contributed by atoms with Gasteiger partial charge in [0.05, 0.1) is 16.6 Å². The summed E-state index contributed by atoms with van der Waals surface area (Å²) in [5, 5.41) is 15.5. The number of aromatic carboxylic acids is 1. The van der Waals surface area contributed by atoms with Gasteiger partial charge in [0.2, 0.25) is 10.0 Å². The molecule has 2 heterocycles. The van der Waals surface area contributed by atoms with Crippen LogP contribution in [0.3, 0.4) is 0 Å². The molecule has 2 aromatic carbocycles. The number of hydrogen-bond acceptors (Lipinski definition) is 8. The second-order valence-corrected chi connectivity index (χ2v) is 11.5. The fraction of sp³-hybridized carbons (Fsp3) is 0.304. The fourth-order valence-corrected chi connectivity index (χ4v) is 7.04. The van der Waals surface area contributed by atoms with Gasteiger partial charge in [-0.25, -0.2) is 18.1 Å². The van der Waals surface area contributed by atoms with E-state index in [4.69, 9.17) is 4.98 Å². The van der Waals surface area contributed by atoms with Gasteiger partial charge in [-0.3, -0.25) is 0 Å². The summed E-state index contributed by atoms with van der Waals surface area (Å²) in [5.74, 6) is -0.460. The summed E-state index contributed by atoms with van der Waals surface area (Å²) in [5.41, 5.74) is 1.94. The number of hydrogen-bond donors (Lipinski definition) is 2. The van der Waals surface area contributed by atoms with Crippen LogP contribution in [-0.2, 0) is 16.4 Å². The third-order valence-corrected chi connectivity index (χ3v) is 8.91. The molecule has 4 rings (SSSR count). The Bertz CT molecular complexity index is 1240. The van der Waals surface area contributed by atoms with Crippen molar-refractivity contribution < 1.29 is 18.3 Å². The Labute approximate surface area is 201 Å². The molecule has 7 nitrogen and oxygen atoms in total. The van der Waals surface area contributed by atoms with Crippen molar-refractivity contribution >= 4 is 44.2 Å². The highest BCUT2D eigenvalue weighted by Crippen LogP contribution is 2.40. The number of nitrogens with one attached hydrogen (secondary N) is 2. The lowest BCUT2D eigenvalue weighted by Crippen LogP contribution is -2.30. The minimum atomic E-state index is -3.90. The number of thiazole rings is 1. The molecule has 0 atom stereocenters. The summed E-state index contributed by atoms with van der Waals surface area (Å²) in [6.07, 6.45) is 3.35. The molecule has 1 aromatic heterocycles. The normalized spacial score (nSPS) is 13.1. The maximum absolute atomic E-state index is 12.4. The molecule has 1 aliphatic heterocycles. The maximum atomic E-state index is 12.4. The van der Waals surface area contributed by atoms with Gasteiger partial charge in [-0.1, -0.05) is 42.8 Å². The lowest BCUT2D eigenvalue weighted by Gasteiger charge is -2.12. The second-order valence-electron chi connectivity index (χ2n) is 7.55. The number of carboxylic acid groups (broad SMARTS) is 1. The van der Waals surface area contributed by atoms with Gasteiger partial charge < -0.3 is 15.2 Å². The first-order chi connectivity index (χ1) is 16.0. The number of sulfonamides is 1. The number of aromatic nitrogens is 1. The van der Waals surface area contributed by atoms with Gasteiger partial charge in [0.15, 0.2) is 5.13 Å². The summed E-state index contributed by atoms with van der Waals surface area (Å²) in [6.45, 7) is 0.993. The number of fused-ring (bicyclic) bond motifs is 3. The Morgan fingerprint density at radius 2 is 1.79 bits per heavy atom. The first kappa shape index (κ1) is 23.7. The van der Waals surface area contributed by atoms with Crippen LogP contribution >= 0.6 is 23.1 Å². The molecule has 2 N–H and O–H groups in total. The lowest BCUT2D eigenvalue weighted by atomic mass is 10.1. The van der Waals surface area contributed by atoms with E-state index in [0.717, 1.165) is 42.4 Å². The van der Waals surface area contributed by atoms with Crippen molar-refractivity contribution in [1.29, 1.82) is 0 Å². The number of unbranched alkanes of at least 4 members (excludes halogenated alkanes) is 2. The zero-order valence-corrected chi connectivity index (χ0v) is 20.3. The van der Waals surface area contributed by atoms with E-state index < -0.39 is 16.0 Å². The predicted octanol–water partition coefficient (Wildman–Crippen LogP) is 3.38. The molecule has 0 aliphatic carbocycles. The number of carbonyl (C=O) groups excluding carboxylic acids is 1. The summed E-state index contributed by atoms with van der Waals surface area (Å²) in [6, 6.07) is 13.8. The third kappa shape index (κ3) is 5.75. The Morgan fingerprint density at radius 3 is 2.64 bits per heavy atom. The second kappa shape index (κ2) is 10.7. The van der Waals surface area contributed by atoms with Crippen LogP contribution in [0.4, 0.5) is 5.13 Å². The Morgan fingerprint density at radius 1 is 1.03 bits per heavy atom. The highest BCUT2D eigenvalue weighted by molar-refractivity contribution is 7.99. The van der Waals surface area contributed by atoms with Crippen LogP contribution in [0.2, 0.25) is 0 Å². The van der Waals surface area contributed by atoms with E-state index in [0.29, 0.717) is 6.42 Å². The maximum Gasteiger partial charge on any atom is 0.241 e. The number of nitrogens with zero attached hydrogens (tertiary/aromatic N) is 1. The van der Waals surface area contributed by atoms with E-state index in [1.807, 2.05) is 17.8 Å². The van der Waals surface area contributed by atoms with Crippen LogP contribution in [-0.4, -0.2) is 38.2 Å². The summed E-state index contributed by atoms with van der Waals surface area (Å²) >= 11 is 3.58.